The maximum atomic E-state index is 5.45. The van der Waals surface area contributed by atoms with E-state index in [1.807, 2.05) is 0 Å². The van der Waals surface area contributed by atoms with Gasteiger partial charge in [-0.2, -0.15) is 0 Å². The zero-order valence-electron chi connectivity index (χ0n) is 7.09. The van der Waals surface area contributed by atoms with Crippen molar-refractivity contribution in [3.63, 3.8) is 0 Å². The summed E-state index contributed by atoms with van der Waals surface area (Å²) in [5.74, 6) is 0. The first-order valence-corrected chi connectivity index (χ1v) is 4.78. The summed E-state index contributed by atoms with van der Waals surface area (Å²) >= 11 is 0. The number of morpholine rings is 1. The van der Waals surface area contributed by atoms with E-state index in [2.05, 4.69) is 4.90 Å². The molecule has 0 aromatic carbocycles. The van der Waals surface area contributed by atoms with Gasteiger partial charge < -0.3 is 4.74 Å². The first-order valence-electron chi connectivity index (χ1n) is 4.78. The molecule has 2 aliphatic rings. The molecule has 0 aromatic heterocycles. The second kappa shape index (κ2) is 3.55. The quantitative estimate of drug-likeness (QED) is 0.522. The van der Waals surface area contributed by atoms with Crippen molar-refractivity contribution in [3.8, 4) is 0 Å². The Hall–Kier alpha value is -0.0800. The summed E-state index contributed by atoms with van der Waals surface area (Å²) < 4.78 is 5.45. The van der Waals surface area contributed by atoms with E-state index in [0.29, 0.717) is 0 Å². The fraction of sp³-hybridized carbons (Fsp3) is 1.00. The normalized spacial score (nSPS) is 34.4. The predicted octanol–water partition coefficient (Wildman–Crippen LogP) is 1.26. The molecule has 2 fully saturated rings. The highest BCUT2D eigenvalue weighted by atomic mass is 16.5. The number of hydrogen-bond acceptors (Lipinski definition) is 2. The van der Waals surface area contributed by atoms with Crippen LogP contribution in [0.3, 0.4) is 0 Å². The molecule has 11 heavy (non-hydrogen) atoms. The van der Waals surface area contributed by atoms with Crippen LogP contribution in [-0.4, -0.2) is 37.2 Å². The van der Waals surface area contributed by atoms with E-state index in [0.717, 1.165) is 19.3 Å². The van der Waals surface area contributed by atoms with E-state index in [1.54, 1.807) is 0 Å². The van der Waals surface area contributed by atoms with E-state index in [-0.39, 0.29) is 0 Å². The van der Waals surface area contributed by atoms with Gasteiger partial charge in [0.1, 0.15) is 0 Å². The first-order chi connectivity index (χ1) is 5.47. The Bertz CT molecular complexity index is 113. The van der Waals surface area contributed by atoms with Gasteiger partial charge in [-0.05, 0) is 19.4 Å². The van der Waals surface area contributed by atoms with Crippen LogP contribution in [0.4, 0.5) is 0 Å². The van der Waals surface area contributed by atoms with Crippen molar-refractivity contribution < 1.29 is 4.74 Å². The third-order valence-corrected chi connectivity index (χ3v) is 2.83. The molecular formula is C9H17NO. The Labute approximate surface area is 68.5 Å². The molecular weight excluding hydrogens is 138 g/mol. The largest absolute Gasteiger partial charge is 0.378 e. The zero-order valence-corrected chi connectivity index (χ0v) is 7.09. The number of fused-ring (bicyclic) bond motifs is 1. The van der Waals surface area contributed by atoms with Gasteiger partial charge in [0, 0.05) is 12.6 Å². The predicted molar refractivity (Wildman–Crippen MR) is 44.6 cm³/mol. The van der Waals surface area contributed by atoms with Crippen molar-refractivity contribution in [3.05, 3.63) is 0 Å². The fourth-order valence-corrected chi connectivity index (χ4v) is 2.12. The summed E-state index contributed by atoms with van der Waals surface area (Å²) in [6.45, 7) is 4.43. The maximum Gasteiger partial charge on any atom is 0.0622 e. The second-order valence-electron chi connectivity index (χ2n) is 3.61. The minimum Gasteiger partial charge on any atom is -0.378 e. The van der Waals surface area contributed by atoms with Gasteiger partial charge in [-0.3, -0.25) is 4.90 Å². The van der Waals surface area contributed by atoms with Gasteiger partial charge in [0.15, 0.2) is 0 Å². The molecule has 0 saturated carbocycles. The van der Waals surface area contributed by atoms with Crippen molar-refractivity contribution >= 4 is 0 Å². The minimum atomic E-state index is 0.756. The van der Waals surface area contributed by atoms with Crippen LogP contribution in [0, 0.1) is 0 Å². The molecule has 0 amide bonds. The molecule has 64 valence electrons. The topological polar surface area (TPSA) is 12.5 Å². The lowest BCUT2D eigenvalue weighted by atomic mass is 10.1. The molecule has 2 heterocycles. The van der Waals surface area contributed by atoms with Crippen LogP contribution in [0.2, 0.25) is 0 Å². The molecule has 0 aliphatic carbocycles. The van der Waals surface area contributed by atoms with Gasteiger partial charge in [-0.25, -0.2) is 0 Å². The van der Waals surface area contributed by atoms with E-state index < -0.39 is 0 Å². The number of nitrogens with zero attached hydrogens (tertiary/aromatic N) is 1. The lowest BCUT2D eigenvalue weighted by molar-refractivity contribution is -0.00590. The molecule has 0 bridgehead atoms. The number of ether oxygens (including phenoxy) is 1. The average Bonchev–Trinajstić information content (AvgIpc) is 2.28. The van der Waals surface area contributed by atoms with E-state index >= 15 is 0 Å². The maximum absolute atomic E-state index is 5.45. The second-order valence-corrected chi connectivity index (χ2v) is 3.61. The van der Waals surface area contributed by atoms with Crippen molar-refractivity contribution in [1.82, 2.24) is 4.90 Å². The molecule has 2 saturated heterocycles. The average molecular weight is 155 g/mol. The highest BCUT2D eigenvalue weighted by Crippen LogP contribution is 2.18. The lowest BCUT2D eigenvalue weighted by Crippen LogP contribution is -2.44. The smallest absolute Gasteiger partial charge is 0.0622 e. The number of hydrogen-bond donors (Lipinski definition) is 0. The minimum absolute atomic E-state index is 0.756. The van der Waals surface area contributed by atoms with Crippen LogP contribution in [0.1, 0.15) is 25.7 Å². The SMILES string of the molecule is C1CCC2COCCN2CC1. The monoisotopic (exact) mass is 155 g/mol. The van der Waals surface area contributed by atoms with Crippen LogP contribution in [0.15, 0.2) is 0 Å². The standard InChI is InChI=1S/C9H17NO/c1-2-4-9-8-11-7-6-10(9)5-3-1/h9H,1-8H2. The molecule has 2 nitrogen and oxygen atoms in total. The van der Waals surface area contributed by atoms with Crippen LogP contribution in [0.25, 0.3) is 0 Å². The summed E-state index contributed by atoms with van der Waals surface area (Å²) in [4.78, 5) is 2.61. The van der Waals surface area contributed by atoms with Crippen LogP contribution in [-0.2, 0) is 4.74 Å². The van der Waals surface area contributed by atoms with Gasteiger partial charge in [-0.15, -0.1) is 0 Å². The molecule has 1 unspecified atom stereocenters. The van der Waals surface area contributed by atoms with Crippen molar-refractivity contribution in [2.75, 3.05) is 26.3 Å². The van der Waals surface area contributed by atoms with Gasteiger partial charge >= 0.3 is 0 Å². The highest BCUT2D eigenvalue weighted by molar-refractivity contribution is 4.77. The van der Waals surface area contributed by atoms with Crippen LogP contribution >= 0.6 is 0 Å². The summed E-state index contributed by atoms with van der Waals surface area (Å²) in [5, 5.41) is 0. The molecule has 2 rings (SSSR count). The molecule has 0 spiro atoms. The molecule has 2 aliphatic heterocycles. The van der Waals surface area contributed by atoms with Crippen LogP contribution in [0.5, 0.6) is 0 Å². The van der Waals surface area contributed by atoms with Gasteiger partial charge in [-0.1, -0.05) is 12.8 Å². The van der Waals surface area contributed by atoms with Crippen molar-refractivity contribution in [1.29, 1.82) is 0 Å². The Kier molecular flexibility index (Phi) is 2.44. The summed E-state index contributed by atoms with van der Waals surface area (Å²) in [6.07, 6.45) is 5.59. The third kappa shape index (κ3) is 1.74. The Morgan fingerprint density at radius 3 is 3.09 bits per heavy atom. The van der Waals surface area contributed by atoms with Gasteiger partial charge in [0.2, 0.25) is 0 Å². The van der Waals surface area contributed by atoms with Crippen LogP contribution < -0.4 is 0 Å². The Morgan fingerprint density at radius 1 is 1.09 bits per heavy atom. The van der Waals surface area contributed by atoms with Gasteiger partial charge in [0.05, 0.1) is 13.2 Å². The fourth-order valence-electron chi connectivity index (χ4n) is 2.12. The highest BCUT2D eigenvalue weighted by Gasteiger charge is 2.23. The van der Waals surface area contributed by atoms with Crippen molar-refractivity contribution in [2.45, 2.75) is 31.7 Å². The Morgan fingerprint density at radius 2 is 2.09 bits per heavy atom. The molecule has 0 radical (unpaired) electrons. The van der Waals surface area contributed by atoms with E-state index in [1.165, 1.54) is 38.8 Å². The van der Waals surface area contributed by atoms with E-state index in [4.69, 9.17) is 4.74 Å². The lowest BCUT2D eigenvalue weighted by Gasteiger charge is -2.33. The molecule has 0 N–H and O–H groups in total. The first kappa shape index (κ1) is 7.56. The summed E-state index contributed by atoms with van der Waals surface area (Å²) in [6, 6.07) is 0.756. The number of rotatable bonds is 0. The van der Waals surface area contributed by atoms with Gasteiger partial charge in [0.25, 0.3) is 0 Å². The van der Waals surface area contributed by atoms with Crippen molar-refractivity contribution in [2.24, 2.45) is 0 Å². The van der Waals surface area contributed by atoms with E-state index in [9.17, 15) is 0 Å². The summed E-state index contributed by atoms with van der Waals surface area (Å²) in [7, 11) is 0. The molecule has 0 aromatic rings. The Balaban J connectivity index is 1.93. The third-order valence-electron chi connectivity index (χ3n) is 2.83. The molecule has 1 atom stereocenters. The molecule has 2 heteroatoms. The zero-order chi connectivity index (χ0) is 7.52. The summed E-state index contributed by atoms with van der Waals surface area (Å²) in [5.41, 5.74) is 0.